The molecule has 0 atom stereocenters. The van der Waals surface area contributed by atoms with Gasteiger partial charge in [0, 0.05) is 16.5 Å². The maximum atomic E-state index is 15.2. The minimum Gasteiger partial charge on any atom is -0.306 e. The van der Waals surface area contributed by atoms with Gasteiger partial charge >= 0.3 is 0 Å². The summed E-state index contributed by atoms with van der Waals surface area (Å²) in [5.74, 6) is -0.218. The van der Waals surface area contributed by atoms with Crippen molar-refractivity contribution >= 4 is 21.8 Å². The first kappa shape index (κ1) is 18.6. The topological polar surface area (TPSA) is 4.93 Å². The third kappa shape index (κ3) is 3.00. The van der Waals surface area contributed by atoms with Gasteiger partial charge in [-0.05, 0) is 52.6 Å². The number of fused-ring (bicyclic) bond motifs is 3. The second-order valence-electron chi connectivity index (χ2n) is 7.99. The summed E-state index contributed by atoms with van der Waals surface area (Å²) in [5, 5.41) is 1.97. The van der Waals surface area contributed by atoms with Crippen LogP contribution in [0, 0.1) is 5.82 Å². The van der Waals surface area contributed by atoms with Crippen molar-refractivity contribution in [1.82, 2.24) is 4.57 Å². The zero-order chi connectivity index (χ0) is 21.5. The van der Waals surface area contributed by atoms with Crippen LogP contribution in [0.3, 0.4) is 0 Å². The van der Waals surface area contributed by atoms with E-state index in [0.29, 0.717) is 5.52 Å². The fourth-order valence-electron chi connectivity index (χ4n) is 4.58. The van der Waals surface area contributed by atoms with Crippen molar-refractivity contribution in [2.75, 3.05) is 0 Å². The monoisotopic (exact) mass is 413 g/mol. The maximum absolute atomic E-state index is 15.2. The molecule has 0 radical (unpaired) electrons. The Morgan fingerprint density at radius 3 is 1.69 bits per heavy atom. The highest BCUT2D eigenvalue weighted by molar-refractivity contribution is 6.09. The molecule has 0 bridgehead atoms. The van der Waals surface area contributed by atoms with Crippen molar-refractivity contribution in [2.24, 2.45) is 0 Å². The average molecular weight is 413 g/mol. The van der Waals surface area contributed by atoms with Gasteiger partial charge in [0.1, 0.15) is 5.82 Å². The van der Waals surface area contributed by atoms with Crippen molar-refractivity contribution < 1.29 is 4.39 Å². The van der Waals surface area contributed by atoms with E-state index in [0.717, 1.165) is 44.2 Å². The third-order valence-electron chi connectivity index (χ3n) is 6.04. The molecule has 0 aliphatic heterocycles. The van der Waals surface area contributed by atoms with E-state index in [1.807, 2.05) is 54.6 Å². The van der Waals surface area contributed by atoms with Gasteiger partial charge in [-0.1, -0.05) is 91.0 Å². The number of hydrogen-bond donors (Lipinski definition) is 0. The van der Waals surface area contributed by atoms with Crippen molar-refractivity contribution in [3.8, 4) is 27.9 Å². The van der Waals surface area contributed by atoms with E-state index < -0.39 is 0 Å². The van der Waals surface area contributed by atoms with Crippen LogP contribution in [0.25, 0.3) is 49.7 Å². The molecule has 0 amide bonds. The molecule has 2 heteroatoms. The van der Waals surface area contributed by atoms with Gasteiger partial charge in [-0.15, -0.1) is 0 Å². The smallest absolute Gasteiger partial charge is 0.147 e. The van der Waals surface area contributed by atoms with Crippen LogP contribution in [0.4, 0.5) is 4.39 Å². The van der Waals surface area contributed by atoms with Crippen molar-refractivity contribution in [2.45, 2.75) is 0 Å². The molecule has 0 unspecified atom stereocenters. The highest BCUT2D eigenvalue weighted by Crippen LogP contribution is 2.36. The first-order chi connectivity index (χ1) is 15.8. The summed E-state index contributed by atoms with van der Waals surface area (Å²) in [6, 6.07) is 40.6. The van der Waals surface area contributed by atoms with Crippen molar-refractivity contribution in [3.05, 3.63) is 127 Å². The zero-order valence-electron chi connectivity index (χ0n) is 17.4. The Labute approximate surface area is 186 Å². The van der Waals surface area contributed by atoms with Crippen molar-refractivity contribution in [3.63, 3.8) is 0 Å². The quantitative estimate of drug-likeness (QED) is 0.275. The molecule has 0 saturated carbocycles. The molecule has 32 heavy (non-hydrogen) atoms. The third-order valence-corrected chi connectivity index (χ3v) is 6.04. The van der Waals surface area contributed by atoms with Gasteiger partial charge < -0.3 is 4.57 Å². The van der Waals surface area contributed by atoms with Gasteiger partial charge in [0.25, 0.3) is 0 Å². The number of benzene rings is 5. The summed E-state index contributed by atoms with van der Waals surface area (Å²) < 4.78 is 17.3. The fraction of sp³-hybridized carbons (Fsp3) is 0. The van der Waals surface area contributed by atoms with E-state index in [9.17, 15) is 0 Å². The maximum Gasteiger partial charge on any atom is 0.147 e. The van der Waals surface area contributed by atoms with Gasteiger partial charge in [0.2, 0.25) is 0 Å². The summed E-state index contributed by atoms with van der Waals surface area (Å²) in [5.41, 5.74) is 7.02. The molecule has 0 saturated heterocycles. The standard InChI is InChI=1S/C30H20FN/c31-28-16-9-15-27-26-14-7-8-17-29(26)32(30(27)28)25-19-23(21-10-3-1-4-11-21)18-24(20-25)22-12-5-2-6-13-22/h1-20H. The van der Waals surface area contributed by atoms with E-state index in [1.54, 1.807) is 6.07 Å². The van der Waals surface area contributed by atoms with Crippen LogP contribution in [0.15, 0.2) is 121 Å². The lowest BCUT2D eigenvalue weighted by Gasteiger charge is -2.14. The number of para-hydroxylation sites is 2. The molecule has 0 N–H and O–H groups in total. The van der Waals surface area contributed by atoms with E-state index in [1.165, 1.54) is 6.07 Å². The lowest BCUT2D eigenvalue weighted by molar-refractivity contribution is 0.635. The SMILES string of the molecule is Fc1cccc2c3ccccc3n(-c3cc(-c4ccccc4)cc(-c4ccccc4)c3)c12. The molecular formula is C30H20FN. The van der Waals surface area contributed by atoms with Crippen LogP contribution in [0.2, 0.25) is 0 Å². The molecule has 0 fully saturated rings. The predicted molar refractivity (Wildman–Crippen MR) is 132 cm³/mol. The molecule has 5 aromatic carbocycles. The predicted octanol–water partition coefficient (Wildman–Crippen LogP) is 8.26. The van der Waals surface area contributed by atoms with Crippen LogP contribution in [0.1, 0.15) is 0 Å². The number of nitrogens with zero attached hydrogens (tertiary/aromatic N) is 1. The number of rotatable bonds is 3. The van der Waals surface area contributed by atoms with Gasteiger partial charge in [0.05, 0.1) is 11.0 Å². The lowest BCUT2D eigenvalue weighted by atomic mass is 9.98. The number of aromatic nitrogens is 1. The highest BCUT2D eigenvalue weighted by Gasteiger charge is 2.16. The average Bonchev–Trinajstić information content (AvgIpc) is 3.21. The molecular weight excluding hydrogens is 393 g/mol. The van der Waals surface area contributed by atoms with Crippen LogP contribution >= 0.6 is 0 Å². The molecule has 1 heterocycles. The molecule has 0 aliphatic rings. The zero-order valence-corrected chi connectivity index (χ0v) is 17.4. The normalized spacial score (nSPS) is 11.3. The van der Waals surface area contributed by atoms with Crippen LogP contribution < -0.4 is 0 Å². The minimum atomic E-state index is -0.218. The molecule has 1 aromatic heterocycles. The second kappa shape index (κ2) is 7.51. The van der Waals surface area contributed by atoms with E-state index in [2.05, 4.69) is 59.2 Å². The Balaban J connectivity index is 1.72. The molecule has 0 spiro atoms. The minimum absolute atomic E-state index is 0.218. The Hall–Kier alpha value is -4.17. The van der Waals surface area contributed by atoms with Crippen LogP contribution in [-0.2, 0) is 0 Å². The van der Waals surface area contributed by atoms with E-state index in [-0.39, 0.29) is 5.82 Å². The second-order valence-corrected chi connectivity index (χ2v) is 7.99. The first-order valence-electron chi connectivity index (χ1n) is 10.7. The van der Waals surface area contributed by atoms with Gasteiger partial charge in [-0.25, -0.2) is 4.39 Å². The lowest BCUT2D eigenvalue weighted by Crippen LogP contribution is -1.97. The molecule has 6 rings (SSSR count). The number of halogens is 1. The summed E-state index contributed by atoms with van der Waals surface area (Å²) in [6.07, 6.45) is 0. The summed E-state index contributed by atoms with van der Waals surface area (Å²) in [6.45, 7) is 0. The summed E-state index contributed by atoms with van der Waals surface area (Å²) in [7, 11) is 0. The largest absolute Gasteiger partial charge is 0.306 e. The van der Waals surface area contributed by atoms with E-state index in [4.69, 9.17) is 0 Å². The summed E-state index contributed by atoms with van der Waals surface area (Å²) >= 11 is 0. The molecule has 0 aliphatic carbocycles. The fourth-order valence-corrected chi connectivity index (χ4v) is 4.58. The Morgan fingerprint density at radius 1 is 0.469 bits per heavy atom. The summed E-state index contributed by atoms with van der Waals surface area (Å²) in [4.78, 5) is 0. The van der Waals surface area contributed by atoms with Gasteiger partial charge in [-0.2, -0.15) is 0 Å². The van der Waals surface area contributed by atoms with Gasteiger partial charge in [0.15, 0.2) is 0 Å². The highest BCUT2D eigenvalue weighted by atomic mass is 19.1. The van der Waals surface area contributed by atoms with Crippen LogP contribution in [-0.4, -0.2) is 4.57 Å². The Morgan fingerprint density at radius 2 is 1.03 bits per heavy atom. The Kier molecular flexibility index (Phi) is 4.36. The molecule has 6 aromatic rings. The Bertz CT molecular complexity index is 1510. The molecule has 1 nitrogen and oxygen atoms in total. The number of hydrogen-bond acceptors (Lipinski definition) is 0. The van der Waals surface area contributed by atoms with Gasteiger partial charge in [-0.3, -0.25) is 0 Å². The van der Waals surface area contributed by atoms with Crippen LogP contribution in [0.5, 0.6) is 0 Å². The first-order valence-corrected chi connectivity index (χ1v) is 10.7. The molecule has 152 valence electrons. The van der Waals surface area contributed by atoms with Crippen molar-refractivity contribution in [1.29, 1.82) is 0 Å². The van der Waals surface area contributed by atoms with E-state index >= 15 is 4.39 Å².